The van der Waals surface area contributed by atoms with Crippen molar-refractivity contribution >= 4 is 5.69 Å². The second kappa shape index (κ2) is 5.07. The Bertz CT molecular complexity index is 369. The Labute approximate surface area is 95.4 Å². The minimum Gasteiger partial charge on any atom is -0.376 e. The lowest BCUT2D eigenvalue weighted by Crippen LogP contribution is -2.14. The summed E-state index contributed by atoms with van der Waals surface area (Å²) in [4.78, 5) is 10.4. The van der Waals surface area contributed by atoms with Crippen molar-refractivity contribution in [2.45, 2.75) is 27.4 Å². The van der Waals surface area contributed by atoms with Gasteiger partial charge >= 0.3 is 0 Å². The summed E-state index contributed by atoms with van der Waals surface area (Å²) in [6, 6.07) is 6.66. The Kier molecular flexibility index (Phi) is 4.01. The van der Waals surface area contributed by atoms with Gasteiger partial charge in [-0.25, -0.2) is 0 Å². The van der Waals surface area contributed by atoms with Gasteiger partial charge in [0.05, 0.1) is 23.7 Å². The quantitative estimate of drug-likeness (QED) is 0.582. The van der Waals surface area contributed by atoms with Gasteiger partial charge in [0, 0.05) is 6.07 Å². The Balaban J connectivity index is 2.64. The molecule has 0 fully saturated rings. The zero-order chi connectivity index (χ0) is 12.2. The van der Waals surface area contributed by atoms with E-state index in [-0.39, 0.29) is 22.6 Å². The molecule has 88 valence electrons. The lowest BCUT2D eigenvalue weighted by Gasteiger charge is -2.17. The standard InChI is InChI=1S/C12H17NO3/c1-12(2,3)9-16-8-10-6-4-5-7-11(10)13(14)15/h4-7H,8-9H2,1-3H3. The van der Waals surface area contributed by atoms with Crippen LogP contribution in [0.25, 0.3) is 0 Å². The number of ether oxygens (including phenoxy) is 1. The molecular weight excluding hydrogens is 206 g/mol. The third kappa shape index (κ3) is 3.98. The van der Waals surface area contributed by atoms with Crippen LogP contribution in [0, 0.1) is 15.5 Å². The van der Waals surface area contributed by atoms with Gasteiger partial charge in [0.25, 0.3) is 5.69 Å². The molecular formula is C12H17NO3. The fourth-order valence-corrected chi connectivity index (χ4v) is 1.28. The first kappa shape index (κ1) is 12.6. The van der Waals surface area contributed by atoms with Crippen LogP contribution in [-0.4, -0.2) is 11.5 Å². The van der Waals surface area contributed by atoms with E-state index in [9.17, 15) is 10.1 Å². The van der Waals surface area contributed by atoms with E-state index in [0.29, 0.717) is 12.2 Å². The maximum atomic E-state index is 10.7. The molecule has 0 atom stereocenters. The number of para-hydroxylation sites is 1. The first-order valence-corrected chi connectivity index (χ1v) is 5.20. The monoisotopic (exact) mass is 223 g/mol. The van der Waals surface area contributed by atoms with Crippen LogP contribution in [0.1, 0.15) is 26.3 Å². The summed E-state index contributed by atoms with van der Waals surface area (Å²) in [5, 5.41) is 10.7. The molecule has 0 heterocycles. The molecule has 0 spiro atoms. The van der Waals surface area contributed by atoms with Crippen LogP contribution in [0.5, 0.6) is 0 Å². The van der Waals surface area contributed by atoms with Crippen LogP contribution >= 0.6 is 0 Å². The summed E-state index contributed by atoms with van der Waals surface area (Å²) in [5.41, 5.74) is 0.817. The van der Waals surface area contributed by atoms with Gasteiger partial charge in [-0.2, -0.15) is 0 Å². The predicted molar refractivity (Wildman–Crippen MR) is 62.2 cm³/mol. The summed E-state index contributed by atoms with van der Waals surface area (Å²) in [6.07, 6.45) is 0. The van der Waals surface area contributed by atoms with Crippen molar-refractivity contribution in [2.24, 2.45) is 5.41 Å². The molecule has 0 aliphatic carbocycles. The van der Waals surface area contributed by atoms with Crippen LogP contribution in [0.3, 0.4) is 0 Å². The Morgan fingerprint density at radius 3 is 2.50 bits per heavy atom. The zero-order valence-corrected chi connectivity index (χ0v) is 9.90. The van der Waals surface area contributed by atoms with E-state index in [2.05, 4.69) is 20.8 Å². The van der Waals surface area contributed by atoms with E-state index in [0.717, 1.165) is 0 Å². The SMILES string of the molecule is CC(C)(C)COCc1ccccc1[N+](=O)[O-]. The molecule has 0 amide bonds. The lowest BCUT2D eigenvalue weighted by atomic mass is 9.99. The van der Waals surface area contributed by atoms with E-state index in [4.69, 9.17) is 4.74 Å². The molecule has 0 aliphatic rings. The number of nitrogens with zero attached hydrogens (tertiary/aromatic N) is 1. The zero-order valence-electron chi connectivity index (χ0n) is 9.90. The van der Waals surface area contributed by atoms with Gasteiger partial charge < -0.3 is 4.74 Å². The van der Waals surface area contributed by atoms with Gasteiger partial charge in [0.2, 0.25) is 0 Å². The average molecular weight is 223 g/mol. The molecule has 0 aromatic heterocycles. The fraction of sp³-hybridized carbons (Fsp3) is 0.500. The number of nitro groups is 1. The van der Waals surface area contributed by atoms with Crippen molar-refractivity contribution in [3.05, 3.63) is 39.9 Å². The molecule has 0 aliphatic heterocycles. The molecule has 0 saturated heterocycles. The molecule has 0 unspecified atom stereocenters. The van der Waals surface area contributed by atoms with Crippen LogP contribution in [-0.2, 0) is 11.3 Å². The maximum Gasteiger partial charge on any atom is 0.274 e. The minimum absolute atomic E-state index is 0.0730. The molecule has 1 aromatic rings. The van der Waals surface area contributed by atoms with Crippen LogP contribution in [0.2, 0.25) is 0 Å². The van der Waals surface area contributed by atoms with Crippen LogP contribution in [0.4, 0.5) is 5.69 Å². The number of hydrogen-bond donors (Lipinski definition) is 0. The Hall–Kier alpha value is -1.42. The maximum absolute atomic E-state index is 10.7. The molecule has 1 rings (SSSR count). The molecule has 0 radical (unpaired) electrons. The Morgan fingerprint density at radius 1 is 1.31 bits per heavy atom. The highest BCUT2D eigenvalue weighted by Crippen LogP contribution is 2.20. The number of rotatable bonds is 4. The van der Waals surface area contributed by atoms with Crippen molar-refractivity contribution in [3.8, 4) is 0 Å². The number of benzene rings is 1. The van der Waals surface area contributed by atoms with Gasteiger partial charge in [-0.15, -0.1) is 0 Å². The second-order valence-corrected chi connectivity index (χ2v) is 4.94. The number of hydrogen-bond acceptors (Lipinski definition) is 3. The van der Waals surface area contributed by atoms with Gasteiger partial charge in [-0.05, 0) is 11.5 Å². The highest BCUT2D eigenvalue weighted by Gasteiger charge is 2.14. The molecule has 0 N–H and O–H groups in total. The second-order valence-electron chi connectivity index (χ2n) is 4.94. The largest absolute Gasteiger partial charge is 0.376 e. The van der Waals surface area contributed by atoms with Crippen molar-refractivity contribution < 1.29 is 9.66 Å². The highest BCUT2D eigenvalue weighted by molar-refractivity contribution is 5.39. The minimum atomic E-state index is -0.379. The molecule has 4 heteroatoms. The topological polar surface area (TPSA) is 52.4 Å². The van der Waals surface area contributed by atoms with Crippen molar-refractivity contribution in [2.75, 3.05) is 6.61 Å². The van der Waals surface area contributed by atoms with Gasteiger partial charge in [-0.3, -0.25) is 10.1 Å². The number of nitro benzene ring substituents is 1. The van der Waals surface area contributed by atoms with Gasteiger partial charge in [0.1, 0.15) is 0 Å². The third-order valence-corrected chi connectivity index (χ3v) is 1.98. The first-order chi connectivity index (χ1) is 7.40. The summed E-state index contributed by atoms with van der Waals surface area (Å²) in [7, 11) is 0. The van der Waals surface area contributed by atoms with Crippen LogP contribution in [0.15, 0.2) is 24.3 Å². The molecule has 0 bridgehead atoms. The van der Waals surface area contributed by atoms with E-state index in [1.54, 1.807) is 18.2 Å². The van der Waals surface area contributed by atoms with Crippen molar-refractivity contribution in [1.29, 1.82) is 0 Å². The van der Waals surface area contributed by atoms with Crippen molar-refractivity contribution in [3.63, 3.8) is 0 Å². The van der Waals surface area contributed by atoms with E-state index < -0.39 is 0 Å². The fourth-order valence-electron chi connectivity index (χ4n) is 1.28. The van der Waals surface area contributed by atoms with E-state index >= 15 is 0 Å². The van der Waals surface area contributed by atoms with Crippen molar-refractivity contribution in [1.82, 2.24) is 0 Å². The summed E-state index contributed by atoms with van der Waals surface area (Å²) < 4.78 is 5.47. The van der Waals surface area contributed by atoms with Gasteiger partial charge in [0.15, 0.2) is 0 Å². The summed E-state index contributed by atoms with van der Waals surface area (Å²) >= 11 is 0. The van der Waals surface area contributed by atoms with E-state index in [1.165, 1.54) is 6.07 Å². The third-order valence-electron chi connectivity index (χ3n) is 1.98. The van der Waals surface area contributed by atoms with Gasteiger partial charge in [-0.1, -0.05) is 32.9 Å². The summed E-state index contributed by atoms with van der Waals surface area (Å²) in [6.45, 7) is 7.05. The smallest absolute Gasteiger partial charge is 0.274 e. The van der Waals surface area contributed by atoms with Crippen LogP contribution < -0.4 is 0 Å². The molecule has 16 heavy (non-hydrogen) atoms. The van der Waals surface area contributed by atoms with E-state index in [1.807, 2.05) is 0 Å². The molecule has 0 saturated carbocycles. The molecule has 1 aromatic carbocycles. The summed E-state index contributed by atoms with van der Waals surface area (Å²) in [5.74, 6) is 0. The normalized spacial score (nSPS) is 11.4. The first-order valence-electron chi connectivity index (χ1n) is 5.20. The molecule has 4 nitrogen and oxygen atoms in total. The lowest BCUT2D eigenvalue weighted by molar-refractivity contribution is -0.386. The predicted octanol–water partition coefficient (Wildman–Crippen LogP) is 3.16. The highest BCUT2D eigenvalue weighted by atomic mass is 16.6. The Morgan fingerprint density at radius 2 is 1.94 bits per heavy atom. The average Bonchev–Trinajstić information content (AvgIpc) is 2.16.